The lowest BCUT2D eigenvalue weighted by Gasteiger charge is -2.16. The molecule has 0 fully saturated rings. The first kappa shape index (κ1) is 24.7. The van der Waals surface area contributed by atoms with Crippen LogP contribution in [0.4, 0.5) is 11.4 Å². The predicted molar refractivity (Wildman–Crippen MR) is 149 cm³/mol. The van der Waals surface area contributed by atoms with Gasteiger partial charge in [0.1, 0.15) is 22.1 Å². The molecule has 1 aliphatic heterocycles. The molecule has 0 aromatic heterocycles. The van der Waals surface area contributed by atoms with Crippen molar-refractivity contribution < 1.29 is 14.3 Å². The van der Waals surface area contributed by atoms with Crippen LogP contribution >= 0.6 is 23.4 Å². The number of ether oxygens (including phenoxy) is 1. The zero-order valence-electron chi connectivity index (χ0n) is 20.0. The number of rotatable bonds is 8. The summed E-state index contributed by atoms with van der Waals surface area (Å²) < 4.78 is 5.86. The van der Waals surface area contributed by atoms with Gasteiger partial charge in [-0.2, -0.15) is 0 Å². The van der Waals surface area contributed by atoms with E-state index in [9.17, 15) is 9.59 Å². The number of amides is 2. The summed E-state index contributed by atoms with van der Waals surface area (Å²) in [5, 5.41) is 3.86. The Kier molecular flexibility index (Phi) is 7.30. The molecule has 5 rings (SSSR count). The predicted octanol–water partition coefficient (Wildman–Crippen LogP) is 7.68. The summed E-state index contributed by atoms with van der Waals surface area (Å²) in [6.45, 7) is 2.05. The third-order valence-electron chi connectivity index (χ3n) is 5.81. The molecule has 0 radical (unpaired) electrons. The maximum absolute atomic E-state index is 13.7. The lowest BCUT2D eigenvalue weighted by Crippen LogP contribution is -2.32. The van der Waals surface area contributed by atoms with Crippen LogP contribution in [0.5, 0.6) is 11.5 Å². The SMILES string of the molecule is CCc1ccccc1NC1=C(Sc2ccc(Cl)cc2)C(=O)N(c2ccc(Oc3ccccc3)cc2)C1=O. The summed E-state index contributed by atoms with van der Waals surface area (Å²) in [6.07, 6.45) is 0.783. The van der Waals surface area contributed by atoms with E-state index in [0.29, 0.717) is 27.1 Å². The average molecular weight is 527 g/mol. The molecule has 4 aromatic rings. The van der Waals surface area contributed by atoms with Crippen LogP contribution in [0.25, 0.3) is 0 Å². The number of hydrogen-bond donors (Lipinski definition) is 1. The maximum atomic E-state index is 13.7. The zero-order chi connectivity index (χ0) is 25.8. The maximum Gasteiger partial charge on any atom is 0.283 e. The Labute approximate surface area is 224 Å². The minimum absolute atomic E-state index is 0.246. The largest absolute Gasteiger partial charge is 0.457 e. The molecule has 7 heteroatoms. The van der Waals surface area contributed by atoms with Crippen molar-refractivity contribution in [3.8, 4) is 11.5 Å². The minimum Gasteiger partial charge on any atom is -0.457 e. The average Bonchev–Trinajstić information content (AvgIpc) is 3.15. The molecule has 4 aromatic carbocycles. The van der Waals surface area contributed by atoms with Crippen LogP contribution in [0.3, 0.4) is 0 Å². The van der Waals surface area contributed by atoms with Crippen LogP contribution in [0, 0.1) is 0 Å². The number of imide groups is 1. The third kappa shape index (κ3) is 5.40. The van der Waals surface area contributed by atoms with Gasteiger partial charge in [-0.05, 0) is 78.7 Å². The van der Waals surface area contributed by atoms with Crippen molar-refractivity contribution in [2.24, 2.45) is 0 Å². The first-order chi connectivity index (χ1) is 18.0. The van der Waals surface area contributed by atoms with Crippen LogP contribution in [0.2, 0.25) is 5.02 Å². The van der Waals surface area contributed by atoms with E-state index >= 15 is 0 Å². The Balaban J connectivity index is 1.46. The fourth-order valence-corrected chi connectivity index (χ4v) is 5.00. The van der Waals surface area contributed by atoms with E-state index in [1.54, 1.807) is 36.4 Å². The molecule has 0 aliphatic carbocycles. The number of para-hydroxylation sites is 2. The second-order valence-electron chi connectivity index (χ2n) is 8.25. The first-order valence-electron chi connectivity index (χ1n) is 11.8. The van der Waals surface area contributed by atoms with E-state index in [4.69, 9.17) is 16.3 Å². The molecule has 1 aliphatic rings. The molecular weight excluding hydrogens is 504 g/mol. The molecular formula is C30H23ClN2O3S. The Morgan fingerprint density at radius 2 is 1.43 bits per heavy atom. The van der Waals surface area contributed by atoms with Crippen LogP contribution < -0.4 is 15.0 Å². The van der Waals surface area contributed by atoms with E-state index in [2.05, 4.69) is 5.32 Å². The highest BCUT2D eigenvalue weighted by molar-refractivity contribution is 8.04. The van der Waals surface area contributed by atoms with Gasteiger partial charge in [0.2, 0.25) is 0 Å². The summed E-state index contributed by atoms with van der Waals surface area (Å²) in [7, 11) is 0. The molecule has 5 nitrogen and oxygen atoms in total. The number of carbonyl (C=O) groups excluding carboxylic acids is 2. The lowest BCUT2D eigenvalue weighted by atomic mass is 10.1. The number of nitrogens with one attached hydrogen (secondary N) is 1. The zero-order valence-corrected chi connectivity index (χ0v) is 21.6. The Morgan fingerprint density at radius 3 is 2.14 bits per heavy atom. The molecule has 0 unspecified atom stereocenters. The van der Waals surface area contributed by atoms with E-state index in [1.807, 2.05) is 73.7 Å². The van der Waals surface area contributed by atoms with E-state index in [1.165, 1.54) is 16.7 Å². The number of halogens is 1. The van der Waals surface area contributed by atoms with Gasteiger partial charge in [0.05, 0.1) is 5.69 Å². The normalized spacial score (nSPS) is 13.3. The van der Waals surface area contributed by atoms with Crippen molar-refractivity contribution in [2.45, 2.75) is 18.2 Å². The summed E-state index contributed by atoms with van der Waals surface area (Å²) in [5.74, 6) is 0.503. The molecule has 184 valence electrons. The molecule has 0 spiro atoms. The fourth-order valence-electron chi connectivity index (χ4n) is 3.94. The van der Waals surface area contributed by atoms with Gasteiger partial charge in [-0.1, -0.05) is 66.7 Å². The molecule has 0 saturated heterocycles. The van der Waals surface area contributed by atoms with E-state index in [0.717, 1.165) is 22.6 Å². The highest BCUT2D eigenvalue weighted by Crippen LogP contribution is 2.39. The van der Waals surface area contributed by atoms with Crippen LogP contribution in [0.1, 0.15) is 12.5 Å². The Hall–Kier alpha value is -4.00. The Bertz CT molecular complexity index is 1470. The van der Waals surface area contributed by atoms with Crippen molar-refractivity contribution in [1.82, 2.24) is 0 Å². The summed E-state index contributed by atoms with van der Waals surface area (Å²) in [6, 6.07) is 31.3. The van der Waals surface area contributed by atoms with Crippen molar-refractivity contribution in [1.29, 1.82) is 0 Å². The van der Waals surface area contributed by atoms with Crippen LogP contribution in [-0.4, -0.2) is 11.8 Å². The first-order valence-corrected chi connectivity index (χ1v) is 13.0. The van der Waals surface area contributed by atoms with Crippen LogP contribution in [0.15, 0.2) is 119 Å². The van der Waals surface area contributed by atoms with Crippen molar-refractivity contribution >= 4 is 46.6 Å². The number of thioether (sulfide) groups is 1. The van der Waals surface area contributed by atoms with Crippen molar-refractivity contribution in [3.05, 3.63) is 124 Å². The molecule has 1 N–H and O–H groups in total. The second kappa shape index (κ2) is 10.9. The molecule has 2 amide bonds. The van der Waals surface area contributed by atoms with Gasteiger partial charge in [0.15, 0.2) is 0 Å². The van der Waals surface area contributed by atoms with E-state index in [-0.39, 0.29) is 5.70 Å². The lowest BCUT2D eigenvalue weighted by molar-refractivity contribution is -0.120. The Morgan fingerprint density at radius 1 is 0.784 bits per heavy atom. The van der Waals surface area contributed by atoms with Gasteiger partial charge in [0.25, 0.3) is 11.8 Å². The number of carbonyl (C=O) groups is 2. The summed E-state index contributed by atoms with van der Waals surface area (Å²) >= 11 is 7.28. The van der Waals surface area contributed by atoms with Gasteiger partial charge >= 0.3 is 0 Å². The standard InChI is InChI=1S/C30H23ClN2O3S/c1-2-20-8-6-7-11-26(20)32-27-28(37-25-18-12-21(31)13-19-25)30(35)33(29(27)34)22-14-16-24(17-15-22)36-23-9-4-3-5-10-23/h3-19,32H,2H2,1H3. The molecule has 0 bridgehead atoms. The number of hydrogen-bond acceptors (Lipinski definition) is 5. The topological polar surface area (TPSA) is 58.6 Å². The van der Waals surface area contributed by atoms with E-state index < -0.39 is 11.8 Å². The quantitative estimate of drug-likeness (QED) is 0.238. The molecule has 37 heavy (non-hydrogen) atoms. The monoisotopic (exact) mass is 526 g/mol. The van der Waals surface area contributed by atoms with Gasteiger partial charge in [0, 0.05) is 15.6 Å². The highest BCUT2D eigenvalue weighted by Gasteiger charge is 2.40. The third-order valence-corrected chi connectivity index (χ3v) is 7.15. The van der Waals surface area contributed by atoms with Gasteiger partial charge in [-0.3, -0.25) is 9.59 Å². The van der Waals surface area contributed by atoms with Crippen LogP contribution in [-0.2, 0) is 16.0 Å². The number of benzene rings is 4. The second-order valence-corrected chi connectivity index (χ2v) is 9.77. The molecule has 0 atom stereocenters. The smallest absolute Gasteiger partial charge is 0.283 e. The minimum atomic E-state index is -0.413. The van der Waals surface area contributed by atoms with Gasteiger partial charge in [-0.15, -0.1) is 0 Å². The molecule has 1 heterocycles. The van der Waals surface area contributed by atoms with Crippen molar-refractivity contribution in [3.63, 3.8) is 0 Å². The van der Waals surface area contributed by atoms with Gasteiger partial charge in [-0.25, -0.2) is 4.90 Å². The van der Waals surface area contributed by atoms with Crippen molar-refractivity contribution in [2.75, 3.05) is 10.2 Å². The fraction of sp³-hybridized carbons (Fsp3) is 0.0667. The summed E-state index contributed by atoms with van der Waals surface area (Å²) in [5.41, 5.74) is 2.55. The van der Waals surface area contributed by atoms with Gasteiger partial charge < -0.3 is 10.1 Å². The number of nitrogens with zero attached hydrogens (tertiary/aromatic N) is 1. The summed E-state index contributed by atoms with van der Waals surface area (Å²) in [4.78, 5) is 29.6. The number of anilines is 2. The molecule has 0 saturated carbocycles. The highest BCUT2D eigenvalue weighted by atomic mass is 35.5. The number of aryl methyl sites for hydroxylation is 1.